The molecule has 0 amide bonds. The van der Waals surface area contributed by atoms with E-state index in [1.807, 2.05) is 11.3 Å². The quantitative estimate of drug-likeness (QED) is 0.901. The molecule has 0 saturated carbocycles. The van der Waals surface area contributed by atoms with Gasteiger partial charge in [-0.3, -0.25) is 0 Å². The number of thiazole rings is 1. The second-order valence-corrected chi connectivity index (χ2v) is 8.21. The van der Waals surface area contributed by atoms with Gasteiger partial charge in [-0.25, -0.2) is 4.98 Å². The van der Waals surface area contributed by atoms with Crippen LogP contribution in [0.1, 0.15) is 42.7 Å². The van der Waals surface area contributed by atoms with E-state index in [0.717, 1.165) is 18.0 Å². The van der Waals surface area contributed by atoms with Gasteiger partial charge in [0.25, 0.3) is 0 Å². The van der Waals surface area contributed by atoms with Gasteiger partial charge in [-0.2, -0.15) is 0 Å². The number of hydrogen-bond donors (Lipinski definition) is 1. The van der Waals surface area contributed by atoms with Crippen molar-refractivity contribution in [3.8, 4) is 0 Å². The molecule has 4 rings (SSSR count). The smallest absolute Gasteiger partial charge is 0.0970 e. The normalized spacial score (nSPS) is 23.7. The van der Waals surface area contributed by atoms with E-state index in [1.54, 1.807) is 0 Å². The van der Waals surface area contributed by atoms with E-state index in [-0.39, 0.29) is 0 Å². The minimum Gasteiger partial charge on any atom is -0.385 e. The summed E-state index contributed by atoms with van der Waals surface area (Å²) in [5, 5.41) is 4.90. The van der Waals surface area contributed by atoms with Crippen LogP contribution in [0.5, 0.6) is 0 Å². The summed E-state index contributed by atoms with van der Waals surface area (Å²) in [5.41, 5.74) is 3.76. The maximum absolute atomic E-state index is 4.92. The number of allylic oxidation sites excluding steroid dienone is 1. The van der Waals surface area contributed by atoms with Gasteiger partial charge < -0.3 is 10.2 Å². The minimum absolute atomic E-state index is 0.653. The van der Waals surface area contributed by atoms with Crippen LogP contribution in [0.4, 0.5) is 0 Å². The molecule has 23 heavy (non-hydrogen) atoms. The van der Waals surface area contributed by atoms with Gasteiger partial charge >= 0.3 is 0 Å². The molecule has 122 valence electrons. The standard InChI is InChI=1S/C19H25N3S/c1-13-3-5-16(20-12-13)15-4-6-17-18(11-15)23-19(21-17)14-7-9-22(2)10-8-14/h4-6,11,13-14,20H,3,7-10,12H2,1-2H3/t13-/m0/s1. The first kappa shape index (κ1) is 15.2. The number of nitrogens with zero attached hydrogens (tertiary/aromatic N) is 2. The molecular formula is C19H25N3S. The zero-order valence-electron chi connectivity index (χ0n) is 14.0. The van der Waals surface area contributed by atoms with E-state index < -0.39 is 0 Å². The van der Waals surface area contributed by atoms with Crippen molar-refractivity contribution in [2.24, 2.45) is 5.92 Å². The molecule has 1 atom stereocenters. The van der Waals surface area contributed by atoms with Crippen molar-refractivity contribution >= 4 is 27.3 Å². The molecule has 2 aliphatic rings. The van der Waals surface area contributed by atoms with E-state index in [2.05, 4.69) is 48.5 Å². The van der Waals surface area contributed by atoms with Gasteiger partial charge in [-0.15, -0.1) is 11.3 Å². The fourth-order valence-corrected chi connectivity index (χ4v) is 4.69. The molecule has 3 nitrogen and oxygen atoms in total. The van der Waals surface area contributed by atoms with Crippen molar-refractivity contribution in [2.45, 2.75) is 32.1 Å². The number of hydrogen-bond acceptors (Lipinski definition) is 4. The van der Waals surface area contributed by atoms with Gasteiger partial charge in [0.1, 0.15) is 0 Å². The molecule has 0 spiro atoms. The molecule has 1 aromatic carbocycles. The molecule has 0 bridgehead atoms. The molecule has 1 N–H and O–H groups in total. The minimum atomic E-state index is 0.653. The summed E-state index contributed by atoms with van der Waals surface area (Å²) in [6.07, 6.45) is 6.00. The Bertz CT molecular complexity index is 725. The molecule has 0 radical (unpaired) electrons. The maximum Gasteiger partial charge on any atom is 0.0970 e. The van der Waals surface area contributed by atoms with Gasteiger partial charge in [0.2, 0.25) is 0 Å². The number of rotatable bonds is 2. The van der Waals surface area contributed by atoms with Crippen LogP contribution in [0.3, 0.4) is 0 Å². The Morgan fingerprint density at radius 3 is 2.83 bits per heavy atom. The number of likely N-dealkylation sites (tertiary alicyclic amines) is 1. The van der Waals surface area contributed by atoms with Crippen LogP contribution in [0, 0.1) is 5.92 Å². The SMILES string of the molecule is C[C@H]1CC=C(c2ccc3nc(C4CCN(C)CC4)sc3c2)NC1. The molecule has 2 aromatic rings. The second-order valence-electron chi connectivity index (χ2n) is 7.15. The lowest BCUT2D eigenvalue weighted by molar-refractivity contribution is 0.255. The van der Waals surface area contributed by atoms with Crippen LogP contribution < -0.4 is 5.32 Å². The lowest BCUT2D eigenvalue weighted by Crippen LogP contribution is -2.29. The molecule has 0 aliphatic carbocycles. The average molecular weight is 327 g/mol. The Labute approximate surface area is 142 Å². The zero-order valence-corrected chi connectivity index (χ0v) is 14.8. The van der Waals surface area contributed by atoms with Crippen LogP contribution in [0.2, 0.25) is 0 Å². The first-order chi connectivity index (χ1) is 11.2. The Hall–Kier alpha value is -1.39. The maximum atomic E-state index is 4.92. The monoisotopic (exact) mass is 327 g/mol. The van der Waals surface area contributed by atoms with Gasteiger partial charge in [0.15, 0.2) is 0 Å². The van der Waals surface area contributed by atoms with Crippen LogP contribution >= 0.6 is 11.3 Å². The zero-order chi connectivity index (χ0) is 15.8. The number of aromatic nitrogens is 1. The van der Waals surface area contributed by atoms with E-state index in [9.17, 15) is 0 Å². The lowest BCUT2D eigenvalue weighted by atomic mass is 9.98. The summed E-state index contributed by atoms with van der Waals surface area (Å²) < 4.78 is 1.33. The molecule has 1 saturated heterocycles. The molecule has 1 fully saturated rings. The predicted octanol–water partition coefficient (Wildman–Crippen LogP) is 4.08. The summed E-state index contributed by atoms with van der Waals surface area (Å²) in [7, 11) is 2.21. The summed E-state index contributed by atoms with van der Waals surface area (Å²) in [6.45, 7) is 5.76. The van der Waals surface area contributed by atoms with Gasteiger partial charge in [0, 0.05) is 18.2 Å². The van der Waals surface area contributed by atoms with E-state index >= 15 is 0 Å². The van der Waals surface area contributed by atoms with Crippen molar-refractivity contribution in [1.29, 1.82) is 0 Å². The van der Waals surface area contributed by atoms with E-state index in [0.29, 0.717) is 5.92 Å². The number of piperidine rings is 1. The van der Waals surface area contributed by atoms with Crippen molar-refractivity contribution in [3.63, 3.8) is 0 Å². The first-order valence-corrected chi connectivity index (χ1v) is 9.54. The van der Waals surface area contributed by atoms with Gasteiger partial charge in [-0.1, -0.05) is 19.1 Å². The van der Waals surface area contributed by atoms with Crippen LogP contribution in [-0.4, -0.2) is 36.6 Å². The third kappa shape index (κ3) is 3.15. The summed E-state index contributed by atoms with van der Waals surface area (Å²) in [5.74, 6) is 1.39. The van der Waals surface area contributed by atoms with Crippen molar-refractivity contribution in [2.75, 3.05) is 26.7 Å². The van der Waals surface area contributed by atoms with Crippen molar-refractivity contribution < 1.29 is 0 Å². The summed E-state index contributed by atoms with van der Waals surface area (Å²) in [4.78, 5) is 7.34. The number of nitrogens with one attached hydrogen (secondary N) is 1. The molecule has 0 unspecified atom stereocenters. The highest BCUT2D eigenvalue weighted by Gasteiger charge is 2.21. The number of benzene rings is 1. The third-order valence-electron chi connectivity index (χ3n) is 5.15. The lowest BCUT2D eigenvalue weighted by Gasteiger charge is -2.27. The molecule has 4 heteroatoms. The van der Waals surface area contributed by atoms with E-state index in [1.165, 1.54) is 53.3 Å². The van der Waals surface area contributed by atoms with Gasteiger partial charge in [-0.05, 0) is 63.0 Å². The topological polar surface area (TPSA) is 28.2 Å². The molecule has 1 aromatic heterocycles. The summed E-state index contributed by atoms with van der Waals surface area (Å²) in [6, 6.07) is 6.73. The van der Waals surface area contributed by atoms with Crippen molar-refractivity contribution in [1.82, 2.24) is 15.2 Å². The van der Waals surface area contributed by atoms with Crippen LogP contribution in [0.15, 0.2) is 24.3 Å². The third-order valence-corrected chi connectivity index (χ3v) is 6.33. The second kappa shape index (κ2) is 6.25. The highest BCUT2D eigenvalue weighted by atomic mass is 32.1. The number of fused-ring (bicyclic) bond motifs is 1. The Balaban J connectivity index is 1.60. The van der Waals surface area contributed by atoms with Crippen LogP contribution in [-0.2, 0) is 0 Å². The predicted molar refractivity (Wildman–Crippen MR) is 98.9 cm³/mol. The van der Waals surface area contributed by atoms with Gasteiger partial charge in [0.05, 0.1) is 15.2 Å². The Morgan fingerprint density at radius 2 is 2.09 bits per heavy atom. The van der Waals surface area contributed by atoms with E-state index in [4.69, 9.17) is 4.98 Å². The molecule has 2 aliphatic heterocycles. The first-order valence-electron chi connectivity index (χ1n) is 8.72. The van der Waals surface area contributed by atoms with Crippen molar-refractivity contribution in [3.05, 3.63) is 34.8 Å². The van der Waals surface area contributed by atoms with Crippen LogP contribution in [0.25, 0.3) is 15.9 Å². The fourth-order valence-electron chi connectivity index (χ4n) is 3.52. The summed E-state index contributed by atoms with van der Waals surface area (Å²) >= 11 is 1.90. The highest BCUT2D eigenvalue weighted by molar-refractivity contribution is 7.18. The fraction of sp³-hybridized carbons (Fsp3) is 0.526. The largest absolute Gasteiger partial charge is 0.385 e. The highest BCUT2D eigenvalue weighted by Crippen LogP contribution is 2.34. The Kier molecular flexibility index (Phi) is 4.12. The Morgan fingerprint density at radius 1 is 1.26 bits per heavy atom. The molecular weight excluding hydrogens is 302 g/mol. The average Bonchev–Trinajstić information content (AvgIpc) is 2.99. The molecule has 3 heterocycles.